The van der Waals surface area contributed by atoms with Gasteiger partial charge in [0.1, 0.15) is 12.1 Å². The van der Waals surface area contributed by atoms with Gasteiger partial charge in [-0.2, -0.15) is 0 Å². The van der Waals surface area contributed by atoms with E-state index in [9.17, 15) is 19.5 Å². The molecule has 0 bridgehead atoms. The maximum atomic E-state index is 13.5. The summed E-state index contributed by atoms with van der Waals surface area (Å²) in [6.07, 6.45) is 16.0. The van der Waals surface area contributed by atoms with Crippen LogP contribution in [0.3, 0.4) is 0 Å². The first kappa shape index (κ1) is 29.6. The van der Waals surface area contributed by atoms with Crippen molar-refractivity contribution in [2.45, 2.75) is 71.2 Å². The van der Waals surface area contributed by atoms with Gasteiger partial charge in [-0.15, -0.1) is 0 Å². The first-order valence-corrected chi connectivity index (χ1v) is 14.3. The first-order valence-electron chi connectivity index (χ1n) is 14.3. The van der Waals surface area contributed by atoms with Crippen LogP contribution in [-0.4, -0.2) is 70.5 Å². The summed E-state index contributed by atoms with van der Waals surface area (Å²) < 4.78 is 0. The van der Waals surface area contributed by atoms with Crippen LogP contribution in [0.15, 0.2) is 65.9 Å². The predicted molar refractivity (Wildman–Crippen MR) is 155 cm³/mol. The molecule has 3 amide bonds. The lowest BCUT2D eigenvalue weighted by molar-refractivity contribution is -0.145. The number of H-pyrrole nitrogens is 1. The van der Waals surface area contributed by atoms with Crippen molar-refractivity contribution in [3.05, 3.63) is 71.6 Å². The molecule has 2 heterocycles. The number of aliphatic hydroxyl groups is 1. The third-order valence-corrected chi connectivity index (χ3v) is 7.56. The number of aliphatic hydroxyl groups excluding tert-OH is 1. The van der Waals surface area contributed by atoms with Crippen LogP contribution in [0.25, 0.3) is 0 Å². The van der Waals surface area contributed by atoms with Crippen LogP contribution < -0.4 is 16.0 Å². The van der Waals surface area contributed by atoms with Gasteiger partial charge in [-0.1, -0.05) is 57.2 Å². The Kier molecular flexibility index (Phi) is 9.81. The Balaban J connectivity index is 1.39. The Bertz CT molecular complexity index is 1170. The monoisotopic (exact) mass is 549 g/mol. The molecule has 1 fully saturated rings. The Morgan fingerprint density at radius 2 is 2.02 bits per heavy atom. The second kappa shape index (κ2) is 13.3. The third kappa shape index (κ3) is 7.82. The van der Waals surface area contributed by atoms with Gasteiger partial charge in [0.15, 0.2) is 0 Å². The Morgan fingerprint density at radius 1 is 1.20 bits per heavy atom. The van der Waals surface area contributed by atoms with Gasteiger partial charge < -0.3 is 30.9 Å². The molecule has 1 aliphatic heterocycles. The number of hydrogen-bond acceptors (Lipinski definition) is 5. The van der Waals surface area contributed by atoms with E-state index in [4.69, 9.17) is 0 Å². The minimum Gasteiger partial charge on any atom is -0.390 e. The minimum absolute atomic E-state index is 0.0523. The molecule has 4 atom stereocenters. The van der Waals surface area contributed by atoms with Crippen LogP contribution in [0.2, 0.25) is 0 Å². The molecule has 9 heteroatoms. The van der Waals surface area contributed by atoms with Gasteiger partial charge in [0, 0.05) is 55.8 Å². The number of carbonyl (C=O) groups is 3. The van der Waals surface area contributed by atoms with Crippen molar-refractivity contribution in [1.29, 1.82) is 0 Å². The number of likely N-dealkylation sites (tertiary alicyclic amines) is 1. The van der Waals surface area contributed by atoms with Crippen LogP contribution in [0.5, 0.6) is 0 Å². The first-order chi connectivity index (χ1) is 19.1. The van der Waals surface area contributed by atoms with Crippen LogP contribution in [0.1, 0.15) is 52.1 Å². The van der Waals surface area contributed by atoms with Crippen LogP contribution in [-0.2, 0) is 20.9 Å². The number of aromatic nitrogens is 1. The smallest absolute Gasteiger partial charge is 0.243 e. The largest absolute Gasteiger partial charge is 0.390 e. The summed E-state index contributed by atoms with van der Waals surface area (Å²) >= 11 is 0. The van der Waals surface area contributed by atoms with Gasteiger partial charge in [-0.05, 0) is 42.5 Å². The molecule has 216 valence electrons. The highest BCUT2D eigenvalue weighted by molar-refractivity contribution is 5.93. The normalized spacial score (nSPS) is 21.8. The lowest BCUT2D eigenvalue weighted by Gasteiger charge is -2.31. The number of rotatable bonds is 11. The summed E-state index contributed by atoms with van der Waals surface area (Å²) in [6.45, 7) is 7.02. The van der Waals surface area contributed by atoms with Crippen molar-refractivity contribution in [2.75, 3.05) is 19.6 Å². The van der Waals surface area contributed by atoms with E-state index in [2.05, 4.69) is 45.2 Å². The molecule has 40 heavy (non-hydrogen) atoms. The lowest BCUT2D eigenvalue weighted by atomic mass is 9.84. The lowest BCUT2D eigenvalue weighted by Crippen LogP contribution is -2.55. The van der Waals surface area contributed by atoms with E-state index in [1.165, 1.54) is 5.57 Å². The van der Waals surface area contributed by atoms with E-state index < -0.39 is 23.6 Å². The quantitative estimate of drug-likeness (QED) is 0.290. The van der Waals surface area contributed by atoms with E-state index in [1.807, 2.05) is 51.3 Å². The highest BCUT2D eigenvalue weighted by Gasteiger charge is 2.39. The molecular weight excluding hydrogens is 506 g/mol. The fourth-order valence-electron chi connectivity index (χ4n) is 5.35. The average Bonchev–Trinajstić information content (AvgIpc) is 3.63. The van der Waals surface area contributed by atoms with Crippen molar-refractivity contribution in [1.82, 2.24) is 25.8 Å². The zero-order valence-electron chi connectivity index (χ0n) is 23.8. The second-order valence-corrected chi connectivity index (χ2v) is 11.9. The molecule has 3 aliphatic rings. The van der Waals surface area contributed by atoms with Gasteiger partial charge in [-0.3, -0.25) is 14.4 Å². The van der Waals surface area contributed by atoms with Crippen molar-refractivity contribution in [3.8, 4) is 0 Å². The fourth-order valence-corrected chi connectivity index (χ4v) is 5.35. The van der Waals surface area contributed by atoms with Crippen LogP contribution >= 0.6 is 0 Å². The predicted octanol–water partition coefficient (Wildman–Crippen LogP) is 2.49. The highest BCUT2D eigenvalue weighted by atomic mass is 16.3. The molecule has 2 aliphatic carbocycles. The molecule has 1 aromatic rings. The fraction of sp³-hybridized carbons (Fsp3) is 0.516. The summed E-state index contributed by atoms with van der Waals surface area (Å²) in [7, 11) is 0. The van der Waals surface area contributed by atoms with Crippen molar-refractivity contribution in [2.24, 2.45) is 11.3 Å². The van der Waals surface area contributed by atoms with Gasteiger partial charge in [-0.25, -0.2) is 0 Å². The van der Waals surface area contributed by atoms with Crippen LogP contribution in [0.4, 0.5) is 0 Å². The summed E-state index contributed by atoms with van der Waals surface area (Å²) in [5.41, 5.74) is 2.58. The van der Waals surface area contributed by atoms with E-state index >= 15 is 0 Å². The molecule has 9 nitrogen and oxygen atoms in total. The molecule has 3 unspecified atom stereocenters. The Morgan fingerprint density at radius 3 is 2.77 bits per heavy atom. The van der Waals surface area contributed by atoms with Gasteiger partial charge >= 0.3 is 0 Å². The molecule has 0 spiro atoms. The Hall–Kier alpha value is -3.43. The maximum absolute atomic E-state index is 13.5. The SMILES string of the molecule is CC(C)(C)C(=O)N1CCCC1C(=O)N[C@H](CC1=CCC2C=CC=CC2=C1)C(=O)NCC(O)CNCc1ccc[nH]1. The number of fused-ring (bicyclic) bond motifs is 1. The molecule has 4 rings (SSSR count). The van der Waals surface area contributed by atoms with Gasteiger partial charge in [0.2, 0.25) is 17.7 Å². The van der Waals surface area contributed by atoms with E-state index in [0.717, 1.165) is 24.1 Å². The maximum Gasteiger partial charge on any atom is 0.243 e. The molecule has 1 saturated heterocycles. The topological polar surface area (TPSA) is 127 Å². The average molecular weight is 550 g/mol. The van der Waals surface area contributed by atoms with E-state index in [-0.39, 0.29) is 24.3 Å². The number of allylic oxidation sites excluding steroid dienone is 7. The van der Waals surface area contributed by atoms with Crippen molar-refractivity contribution < 1.29 is 19.5 Å². The van der Waals surface area contributed by atoms with Crippen molar-refractivity contribution >= 4 is 17.7 Å². The molecule has 5 N–H and O–H groups in total. The molecular formula is C31H43N5O4. The number of amides is 3. The zero-order valence-corrected chi connectivity index (χ0v) is 23.8. The summed E-state index contributed by atoms with van der Waals surface area (Å²) in [5, 5.41) is 19.4. The zero-order chi connectivity index (χ0) is 28.7. The second-order valence-electron chi connectivity index (χ2n) is 11.9. The minimum atomic E-state index is -0.832. The number of nitrogens with zero attached hydrogens (tertiary/aromatic N) is 1. The number of carbonyl (C=O) groups excluding carboxylic acids is 3. The summed E-state index contributed by atoms with van der Waals surface area (Å²) in [5.74, 6) is -0.404. The summed E-state index contributed by atoms with van der Waals surface area (Å²) in [4.78, 5) is 44.6. The van der Waals surface area contributed by atoms with Gasteiger partial charge in [0.05, 0.1) is 6.10 Å². The molecule has 0 saturated carbocycles. The molecule has 0 aromatic carbocycles. The number of nitrogens with one attached hydrogen (secondary N) is 4. The van der Waals surface area contributed by atoms with Gasteiger partial charge in [0.25, 0.3) is 0 Å². The van der Waals surface area contributed by atoms with Crippen molar-refractivity contribution in [3.63, 3.8) is 0 Å². The standard InChI is InChI=1S/C31H43N5O4/c1-31(2,3)30(40)36-15-7-11-27(36)29(39)35-26(17-21-12-13-22-8-4-5-9-23(22)16-21)28(38)34-20-25(37)19-32-18-24-10-6-14-33-24/h4-6,8-10,12,14,16,22,25-27,32-33,37H,7,11,13,15,17-20H2,1-3H3,(H,34,38)(H,35,39)/t22?,25?,26-,27?/m1/s1. The highest BCUT2D eigenvalue weighted by Crippen LogP contribution is 2.30. The Labute approximate surface area is 236 Å². The molecule has 0 radical (unpaired) electrons. The molecule has 1 aromatic heterocycles. The van der Waals surface area contributed by atoms with E-state index in [0.29, 0.717) is 38.4 Å². The number of hydrogen-bond donors (Lipinski definition) is 5. The summed E-state index contributed by atoms with van der Waals surface area (Å²) in [6, 6.07) is 2.43. The third-order valence-electron chi connectivity index (χ3n) is 7.56. The number of aromatic amines is 1. The van der Waals surface area contributed by atoms with Crippen LogP contribution in [0, 0.1) is 11.3 Å². The van der Waals surface area contributed by atoms with E-state index in [1.54, 1.807) is 4.90 Å².